The maximum Gasteiger partial charge on any atom is 0.410 e. The third kappa shape index (κ3) is 15.3. The molecule has 0 bridgehead atoms. The number of aliphatic carboxylic acids is 1. The van der Waals surface area contributed by atoms with Crippen molar-refractivity contribution in [2.45, 2.75) is 43.0 Å². The summed E-state index contributed by atoms with van der Waals surface area (Å²) in [4.78, 5) is 46.9. The quantitative estimate of drug-likeness (QED) is 0.408. The van der Waals surface area contributed by atoms with E-state index in [1.54, 1.807) is 20.8 Å². The van der Waals surface area contributed by atoms with Crippen LogP contribution < -0.4 is 5.32 Å². The first kappa shape index (κ1) is 25.6. The highest BCUT2D eigenvalue weighted by atomic mass is 35.6. The zero-order chi connectivity index (χ0) is 21.3. The van der Waals surface area contributed by atoms with Gasteiger partial charge in [-0.1, -0.05) is 34.8 Å². The monoisotopic (exact) mass is 448 g/mol. The first-order valence-corrected chi connectivity index (χ1v) is 9.02. The Labute approximate surface area is 172 Å². The normalized spacial score (nSPS) is 11.5. The third-order valence-electron chi connectivity index (χ3n) is 2.63. The Kier molecular flexibility index (Phi) is 10.8. The second-order valence-corrected chi connectivity index (χ2v) is 8.94. The second-order valence-electron chi connectivity index (χ2n) is 6.42. The molecule has 0 aliphatic carbocycles. The number of nitrogens with zero attached hydrogens (tertiary/aromatic N) is 1. The second kappa shape index (κ2) is 11.4. The molecule has 2 N–H and O–H groups in total. The Morgan fingerprint density at radius 1 is 1.07 bits per heavy atom. The van der Waals surface area contributed by atoms with E-state index in [9.17, 15) is 19.2 Å². The Hall–Kier alpha value is -1.45. The Morgan fingerprint density at radius 2 is 1.67 bits per heavy atom. The number of hydrogen-bond donors (Lipinski definition) is 2. The first-order chi connectivity index (χ1) is 12.2. The minimum Gasteiger partial charge on any atom is -0.480 e. The van der Waals surface area contributed by atoms with Crippen molar-refractivity contribution in [3.63, 3.8) is 0 Å². The Bertz CT molecular complexity index is 545. The molecule has 0 saturated carbocycles. The van der Waals surface area contributed by atoms with Gasteiger partial charge in [-0.2, -0.15) is 0 Å². The van der Waals surface area contributed by atoms with Crippen LogP contribution in [0.25, 0.3) is 0 Å². The third-order valence-corrected chi connectivity index (χ3v) is 2.96. The average Bonchev–Trinajstić information content (AvgIpc) is 2.46. The number of rotatable bonds is 9. The summed E-state index contributed by atoms with van der Waals surface area (Å²) in [5.74, 6) is -2.39. The fourth-order valence-corrected chi connectivity index (χ4v) is 1.75. The lowest BCUT2D eigenvalue weighted by Crippen LogP contribution is -2.41. The van der Waals surface area contributed by atoms with E-state index in [1.165, 1.54) is 0 Å². The van der Waals surface area contributed by atoms with Crippen LogP contribution in [-0.4, -0.2) is 69.6 Å². The van der Waals surface area contributed by atoms with Crippen molar-refractivity contribution in [3.8, 4) is 0 Å². The molecule has 0 rings (SSSR count). The number of amides is 2. The molecule has 9 nitrogen and oxygen atoms in total. The lowest BCUT2D eigenvalue weighted by Gasteiger charge is -2.26. The lowest BCUT2D eigenvalue weighted by molar-refractivity contribution is -0.143. The predicted molar refractivity (Wildman–Crippen MR) is 98.9 cm³/mol. The van der Waals surface area contributed by atoms with Gasteiger partial charge in [-0.3, -0.25) is 19.3 Å². The molecule has 0 aliphatic rings. The Balaban J connectivity index is 4.31. The van der Waals surface area contributed by atoms with Crippen LogP contribution in [0.1, 0.15) is 33.6 Å². The number of carbonyl (C=O) groups is 4. The van der Waals surface area contributed by atoms with Crippen molar-refractivity contribution in [2.75, 3.05) is 26.2 Å². The summed E-state index contributed by atoms with van der Waals surface area (Å²) < 4.78 is 8.07. The molecular weight excluding hydrogens is 427 g/mol. The van der Waals surface area contributed by atoms with Gasteiger partial charge in [-0.15, -0.1) is 0 Å². The van der Waals surface area contributed by atoms with Crippen LogP contribution in [0.5, 0.6) is 0 Å². The van der Waals surface area contributed by atoms with Gasteiger partial charge in [-0.05, 0) is 20.8 Å². The van der Waals surface area contributed by atoms with Gasteiger partial charge in [0.25, 0.3) is 0 Å². The summed E-state index contributed by atoms with van der Waals surface area (Å²) >= 11 is 16.3. The first-order valence-electron chi connectivity index (χ1n) is 7.88. The predicted octanol–water partition coefficient (Wildman–Crippen LogP) is 2.12. The summed E-state index contributed by atoms with van der Waals surface area (Å²) in [6.07, 6.45) is -1.15. The Morgan fingerprint density at radius 3 is 2.15 bits per heavy atom. The van der Waals surface area contributed by atoms with Gasteiger partial charge >= 0.3 is 18.0 Å². The number of carboxylic acid groups (broad SMARTS) is 1. The molecule has 0 spiro atoms. The van der Waals surface area contributed by atoms with E-state index >= 15 is 0 Å². The summed E-state index contributed by atoms with van der Waals surface area (Å²) in [5.41, 5.74) is -0.802. The highest BCUT2D eigenvalue weighted by molar-refractivity contribution is 6.67. The van der Waals surface area contributed by atoms with Gasteiger partial charge in [0, 0.05) is 19.5 Å². The molecule has 0 aliphatic heterocycles. The minimum atomic E-state index is -1.71. The maximum atomic E-state index is 12.0. The van der Waals surface area contributed by atoms with E-state index < -0.39 is 46.5 Å². The summed E-state index contributed by atoms with van der Waals surface area (Å²) in [6.45, 7) is 3.71. The standard InChI is InChI=1S/C15H23Cl3N2O7/c1-14(2,3)27-13(25)20(8-11(22)23)7-5-10(21)19-6-4-12(24)26-9-15(16,17)18/h4-9H2,1-3H3,(H,19,21)(H,22,23). The van der Waals surface area contributed by atoms with E-state index in [0.29, 0.717) is 0 Å². The summed E-state index contributed by atoms with van der Waals surface area (Å²) in [5, 5.41) is 11.3. The fraction of sp³-hybridized carbons (Fsp3) is 0.733. The van der Waals surface area contributed by atoms with Crippen LogP contribution in [0.15, 0.2) is 0 Å². The van der Waals surface area contributed by atoms with E-state index in [-0.39, 0.29) is 25.9 Å². The number of nitrogens with one attached hydrogen (secondary N) is 1. The molecule has 156 valence electrons. The highest BCUT2D eigenvalue weighted by Crippen LogP contribution is 2.25. The maximum absolute atomic E-state index is 12.0. The van der Waals surface area contributed by atoms with Crippen molar-refractivity contribution in [1.82, 2.24) is 10.2 Å². The van der Waals surface area contributed by atoms with Crippen molar-refractivity contribution in [1.29, 1.82) is 0 Å². The van der Waals surface area contributed by atoms with Crippen molar-refractivity contribution < 1.29 is 33.8 Å². The zero-order valence-corrected chi connectivity index (χ0v) is 17.5. The largest absolute Gasteiger partial charge is 0.480 e. The van der Waals surface area contributed by atoms with Crippen molar-refractivity contribution >= 4 is 58.7 Å². The number of alkyl halides is 3. The molecule has 0 aromatic rings. The minimum absolute atomic E-state index is 0.0249. The fourth-order valence-electron chi connectivity index (χ4n) is 1.59. The number of ether oxygens (including phenoxy) is 2. The van der Waals surface area contributed by atoms with Crippen LogP contribution in [0.4, 0.5) is 4.79 Å². The molecule has 0 radical (unpaired) electrons. The number of hydrogen-bond acceptors (Lipinski definition) is 6. The molecule has 2 amide bonds. The number of halogens is 3. The summed E-state index contributed by atoms with van der Waals surface area (Å²) in [6, 6.07) is 0. The smallest absolute Gasteiger partial charge is 0.410 e. The molecule has 0 unspecified atom stereocenters. The molecule has 0 fully saturated rings. The number of carbonyl (C=O) groups excluding carboxylic acids is 3. The van der Waals surface area contributed by atoms with Crippen LogP contribution in [0, 0.1) is 0 Å². The molecule has 27 heavy (non-hydrogen) atoms. The lowest BCUT2D eigenvalue weighted by atomic mass is 10.2. The van der Waals surface area contributed by atoms with E-state index in [1.807, 2.05) is 0 Å². The molecule has 0 atom stereocenters. The molecule has 0 heterocycles. The molecular formula is C15H23Cl3N2O7. The molecule has 0 aromatic carbocycles. The van der Waals surface area contributed by atoms with Crippen LogP contribution in [0.2, 0.25) is 0 Å². The van der Waals surface area contributed by atoms with E-state index in [2.05, 4.69) is 10.1 Å². The van der Waals surface area contributed by atoms with Gasteiger partial charge in [0.2, 0.25) is 9.70 Å². The average molecular weight is 450 g/mol. The van der Waals surface area contributed by atoms with Crippen molar-refractivity contribution in [2.24, 2.45) is 0 Å². The van der Waals surface area contributed by atoms with E-state index in [4.69, 9.17) is 44.6 Å². The SMILES string of the molecule is CC(C)(C)OC(=O)N(CCC(=O)NCCC(=O)OCC(Cl)(Cl)Cl)CC(=O)O. The van der Waals surface area contributed by atoms with Gasteiger partial charge in [0.05, 0.1) is 6.42 Å². The number of esters is 1. The van der Waals surface area contributed by atoms with E-state index in [0.717, 1.165) is 4.90 Å². The van der Waals surface area contributed by atoms with Crippen LogP contribution in [0.3, 0.4) is 0 Å². The molecule has 0 saturated heterocycles. The van der Waals surface area contributed by atoms with Crippen molar-refractivity contribution in [3.05, 3.63) is 0 Å². The zero-order valence-electron chi connectivity index (χ0n) is 15.2. The van der Waals surface area contributed by atoms with Crippen LogP contribution >= 0.6 is 34.8 Å². The van der Waals surface area contributed by atoms with Gasteiger partial charge in [0.15, 0.2) is 0 Å². The van der Waals surface area contributed by atoms with Gasteiger partial charge < -0.3 is 19.9 Å². The van der Waals surface area contributed by atoms with Crippen LogP contribution in [-0.2, 0) is 23.9 Å². The molecule has 0 aromatic heterocycles. The summed E-state index contributed by atoms with van der Waals surface area (Å²) in [7, 11) is 0. The number of carboxylic acids is 1. The highest BCUT2D eigenvalue weighted by Gasteiger charge is 2.24. The molecule has 12 heteroatoms. The topological polar surface area (TPSA) is 122 Å². The van der Waals surface area contributed by atoms with Gasteiger partial charge in [0.1, 0.15) is 18.8 Å². The van der Waals surface area contributed by atoms with Gasteiger partial charge in [-0.25, -0.2) is 4.79 Å².